The molecule has 0 saturated heterocycles. The molecule has 18 heavy (non-hydrogen) atoms. The van der Waals surface area contributed by atoms with Crippen LogP contribution in [0.4, 0.5) is 5.69 Å². The minimum absolute atomic E-state index is 0.117. The van der Waals surface area contributed by atoms with Gasteiger partial charge in [0, 0.05) is 12.6 Å². The number of para-hydroxylation sites is 1. The number of rotatable bonds is 6. The van der Waals surface area contributed by atoms with Gasteiger partial charge in [-0.25, -0.2) is 8.42 Å². The number of nitro benzene ring substituents is 1. The first-order chi connectivity index (χ1) is 8.41. The third-order valence-corrected chi connectivity index (χ3v) is 4.61. The Balaban J connectivity index is 3.16. The van der Waals surface area contributed by atoms with E-state index >= 15 is 0 Å². The zero-order chi connectivity index (χ0) is 13.8. The van der Waals surface area contributed by atoms with E-state index in [-0.39, 0.29) is 11.4 Å². The molecule has 0 aliphatic carbocycles. The lowest BCUT2D eigenvalue weighted by molar-refractivity contribution is -0.387. The van der Waals surface area contributed by atoms with Crippen molar-refractivity contribution < 1.29 is 13.3 Å². The highest BCUT2D eigenvalue weighted by Gasteiger charge is 2.30. The standard InChI is InChI=1S/C10H13ClN2O4S/c1-2-3-8-12(11)18(16,17)10-7-5-4-6-9(10)13(14)15/h4-7H,2-3,8H2,1H3. The van der Waals surface area contributed by atoms with Gasteiger partial charge in [0.15, 0.2) is 4.90 Å². The molecule has 0 aliphatic heterocycles. The number of sulfonamides is 1. The predicted octanol–water partition coefficient (Wildman–Crippen LogP) is 2.54. The van der Waals surface area contributed by atoms with E-state index in [9.17, 15) is 18.5 Å². The van der Waals surface area contributed by atoms with Gasteiger partial charge in [-0.1, -0.05) is 25.5 Å². The number of halogens is 1. The van der Waals surface area contributed by atoms with Gasteiger partial charge in [-0.05, 0) is 24.3 Å². The van der Waals surface area contributed by atoms with E-state index in [1.165, 1.54) is 18.2 Å². The summed E-state index contributed by atoms with van der Waals surface area (Å²) in [5, 5.41) is 10.8. The van der Waals surface area contributed by atoms with Crippen LogP contribution in [-0.2, 0) is 10.0 Å². The molecular weight excluding hydrogens is 280 g/mol. The first kappa shape index (κ1) is 14.9. The molecule has 1 aromatic carbocycles. The predicted molar refractivity (Wildman–Crippen MR) is 67.7 cm³/mol. The summed E-state index contributed by atoms with van der Waals surface area (Å²) < 4.78 is 24.7. The Morgan fingerprint density at radius 2 is 2.00 bits per heavy atom. The van der Waals surface area contributed by atoms with E-state index in [0.717, 1.165) is 12.5 Å². The van der Waals surface area contributed by atoms with Crippen LogP contribution >= 0.6 is 11.8 Å². The van der Waals surface area contributed by atoms with E-state index in [0.29, 0.717) is 10.2 Å². The smallest absolute Gasteiger partial charge is 0.258 e. The Labute approximate surface area is 110 Å². The minimum atomic E-state index is -4.03. The molecule has 0 aromatic heterocycles. The zero-order valence-corrected chi connectivity index (χ0v) is 11.3. The molecule has 0 aliphatic rings. The largest absolute Gasteiger partial charge is 0.289 e. The maximum Gasteiger partial charge on any atom is 0.289 e. The fraction of sp³-hybridized carbons (Fsp3) is 0.400. The van der Waals surface area contributed by atoms with E-state index in [4.69, 9.17) is 11.8 Å². The summed E-state index contributed by atoms with van der Waals surface area (Å²) in [5.41, 5.74) is -0.473. The van der Waals surface area contributed by atoms with Crippen molar-refractivity contribution in [3.8, 4) is 0 Å². The van der Waals surface area contributed by atoms with Crippen molar-refractivity contribution in [1.29, 1.82) is 0 Å². The van der Waals surface area contributed by atoms with Gasteiger partial charge in [-0.15, -0.1) is 3.82 Å². The molecule has 0 amide bonds. The van der Waals surface area contributed by atoms with Crippen LogP contribution in [0.5, 0.6) is 0 Å². The van der Waals surface area contributed by atoms with E-state index < -0.39 is 20.6 Å². The van der Waals surface area contributed by atoms with Crippen LogP contribution in [0.2, 0.25) is 0 Å². The summed E-state index contributed by atoms with van der Waals surface area (Å²) >= 11 is 5.69. The number of hydrogen-bond acceptors (Lipinski definition) is 4. The number of nitrogens with zero attached hydrogens (tertiary/aromatic N) is 2. The van der Waals surface area contributed by atoms with Crippen LogP contribution in [0, 0.1) is 10.1 Å². The van der Waals surface area contributed by atoms with Gasteiger partial charge in [0.05, 0.1) is 4.92 Å². The Hall–Kier alpha value is -1.18. The SMILES string of the molecule is CCCCN(Cl)S(=O)(=O)c1ccccc1[N+](=O)[O-]. The van der Waals surface area contributed by atoms with E-state index in [2.05, 4.69) is 0 Å². The third-order valence-electron chi connectivity index (χ3n) is 2.29. The summed E-state index contributed by atoms with van der Waals surface area (Å²) in [7, 11) is -4.03. The number of benzene rings is 1. The molecular formula is C10H13ClN2O4S. The second kappa shape index (κ2) is 6.12. The average Bonchev–Trinajstić information content (AvgIpc) is 2.35. The molecule has 1 aromatic rings. The highest BCUT2D eigenvalue weighted by Crippen LogP contribution is 2.27. The van der Waals surface area contributed by atoms with E-state index in [1.54, 1.807) is 0 Å². The second-order valence-electron chi connectivity index (χ2n) is 3.59. The van der Waals surface area contributed by atoms with Crippen molar-refractivity contribution in [2.75, 3.05) is 6.54 Å². The molecule has 0 fully saturated rings. The van der Waals surface area contributed by atoms with Gasteiger partial charge >= 0.3 is 0 Å². The topological polar surface area (TPSA) is 80.5 Å². The minimum Gasteiger partial charge on any atom is -0.258 e. The maximum absolute atomic E-state index is 12.1. The van der Waals surface area contributed by atoms with E-state index in [1.807, 2.05) is 6.92 Å². The van der Waals surface area contributed by atoms with Crippen molar-refractivity contribution in [3.05, 3.63) is 34.4 Å². The van der Waals surface area contributed by atoms with Crippen LogP contribution in [0.25, 0.3) is 0 Å². The van der Waals surface area contributed by atoms with Crippen molar-refractivity contribution in [1.82, 2.24) is 3.82 Å². The Bertz CT molecular complexity index is 532. The summed E-state index contributed by atoms with van der Waals surface area (Å²) in [5.74, 6) is 0. The van der Waals surface area contributed by atoms with Crippen molar-refractivity contribution in [2.45, 2.75) is 24.7 Å². The normalized spacial score (nSPS) is 11.7. The molecule has 8 heteroatoms. The van der Waals surface area contributed by atoms with Crippen molar-refractivity contribution in [2.24, 2.45) is 0 Å². The van der Waals surface area contributed by atoms with Gasteiger partial charge in [0.2, 0.25) is 0 Å². The highest BCUT2D eigenvalue weighted by atomic mass is 35.5. The maximum atomic E-state index is 12.1. The molecule has 0 spiro atoms. The molecule has 0 atom stereocenters. The highest BCUT2D eigenvalue weighted by molar-refractivity contribution is 7.90. The molecule has 0 bridgehead atoms. The summed E-state index contributed by atoms with van der Waals surface area (Å²) in [6, 6.07) is 5.14. The zero-order valence-electron chi connectivity index (χ0n) is 9.74. The van der Waals surface area contributed by atoms with Crippen LogP contribution in [0.15, 0.2) is 29.2 Å². The molecule has 0 radical (unpaired) electrons. The molecule has 100 valence electrons. The summed E-state index contributed by atoms with van der Waals surface area (Å²) in [4.78, 5) is 9.66. The summed E-state index contributed by atoms with van der Waals surface area (Å²) in [6.45, 7) is 2.01. The molecule has 0 saturated carbocycles. The van der Waals surface area contributed by atoms with Gasteiger partial charge in [-0.2, -0.15) is 0 Å². The van der Waals surface area contributed by atoms with Gasteiger partial charge < -0.3 is 0 Å². The van der Waals surface area contributed by atoms with Crippen molar-refractivity contribution in [3.63, 3.8) is 0 Å². The molecule has 0 heterocycles. The van der Waals surface area contributed by atoms with Crippen molar-refractivity contribution >= 4 is 27.5 Å². The lowest BCUT2D eigenvalue weighted by atomic mass is 10.3. The molecule has 0 N–H and O–H groups in total. The second-order valence-corrected chi connectivity index (χ2v) is 6.03. The summed E-state index contributed by atoms with van der Waals surface area (Å²) in [6.07, 6.45) is 1.36. The molecule has 6 nitrogen and oxygen atoms in total. The first-order valence-corrected chi connectivity index (χ1v) is 7.11. The van der Waals surface area contributed by atoms with Crippen LogP contribution in [0.3, 0.4) is 0 Å². The Morgan fingerprint density at radius 1 is 1.39 bits per heavy atom. The monoisotopic (exact) mass is 292 g/mol. The average molecular weight is 293 g/mol. The fourth-order valence-electron chi connectivity index (χ4n) is 1.34. The first-order valence-electron chi connectivity index (χ1n) is 5.33. The lowest BCUT2D eigenvalue weighted by Gasteiger charge is -2.13. The number of unbranched alkanes of at least 4 members (excludes halogenated alkanes) is 1. The molecule has 0 unspecified atom stereocenters. The molecule has 1 rings (SSSR count). The van der Waals surface area contributed by atoms with Gasteiger partial charge in [-0.3, -0.25) is 10.1 Å². The van der Waals surface area contributed by atoms with Gasteiger partial charge in [0.25, 0.3) is 15.7 Å². The quantitative estimate of drug-likeness (QED) is 0.458. The Kier molecular flexibility index (Phi) is 5.06. The van der Waals surface area contributed by atoms with Crippen LogP contribution in [-0.4, -0.2) is 23.7 Å². The lowest BCUT2D eigenvalue weighted by Crippen LogP contribution is -2.23. The Morgan fingerprint density at radius 3 is 2.56 bits per heavy atom. The van der Waals surface area contributed by atoms with Crippen LogP contribution in [0.1, 0.15) is 19.8 Å². The fourth-order valence-corrected chi connectivity index (χ4v) is 2.92. The van der Waals surface area contributed by atoms with Crippen LogP contribution < -0.4 is 0 Å². The number of hydrogen-bond donors (Lipinski definition) is 0. The van der Waals surface area contributed by atoms with Gasteiger partial charge in [0.1, 0.15) is 0 Å². The third kappa shape index (κ3) is 3.18. The number of nitro groups is 1.